The molecule has 49 heavy (non-hydrogen) atoms. The van der Waals surface area contributed by atoms with Gasteiger partial charge in [-0.05, 0) is 55.0 Å². The molecule has 0 fully saturated rings. The summed E-state index contributed by atoms with van der Waals surface area (Å²) in [4.78, 5) is 45.4. The highest BCUT2D eigenvalue weighted by Crippen LogP contribution is 2.34. The molecule has 5 aromatic rings. The Morgan fingerprint density at radius 2 is 1.67 bits per heavy atom. The summed E-state index contributed by atoms with van der Waals surface area (Å²) in [5.41, 5.74) is 2.87. The van der Waals surface area contributed by atoms with Gasteiger partial charge >= 0.3 is 0 Å². The fraction of sp³-hybridized carbons (Fsp3) is 0.135. The van der Waals surface area contributed by atoms with Gasteiger partial charge in [-0.2, -0.15) is 0 Å². The summed E-state index contributed by atoms with van der Waals surface area (Å²) in [7, 11) is 3.02. The van der Waals surface area contributed by atoms with Crippen LogP contribution in [0.15, 0.2) is 113 Å². The second-order valence-corrected chi connectivity index (χ2v) is 13.0. The van der Waals surface area contributed by atoms with Gasteiger partial charge in [-0.1, -0.05) is 73.1 Å². The van der Waals surface area contributed by atoms with Crippen molar-refractivity contribution in [3.8, 4) is 22.8 Å². The third kappa shape index (κ3) is 9.08. The lowest BCUT2D eigenvalue weighted by Gasteiger charge is -2.15. The molecule has 1 unspecified atom stereocenters. The van der Waals surface area contributed by atoms with Crippen molar-refractivity contribution >= 4 is 69.3 Å². The topological polar surface area (TPSA) is 119 Å². The molecular formula is C37H33ClN4O5S2. The summed E-state index contributed by atoms with van der Waals surface area (Å²) in [6, 6.07) is 28.4. The van der Waals surface area contributed by atoms with Crippen LogP contribution >= 0.6 is 34.7 Å². The second-order valence-electron chi connectivity index (χ2n) is 10.5. The molecule has 1 atom stereocenters. The number of hydrogen-bond acceptors (Lipinski definition) is 8. The summed E-state index contributed by atoms with van der Waals surface area (Å²) >= 11 is 9.02. The number of halogens is 1. The van der Waals surface area contributed by atoms with Crippen LogP contribution in [0.4, 0.5) is 10.8 Å². The van der Waals surface area contributed by atoms with Crippen molar-refractivity contribution < 1.29 is 23.9 Å². The molecule has 4 aromatic carbocycles. The first-order chi connectivity index (χ1) is 23.8. The van der Waals surface area contributed by atoms with Gasteiger partial charge in [0.1, 0.15) is 5.70 Å². The van der Waals surface area contributed by atoms with Crippen LogP contribution < -0.4 is 25.4 Å². The van der Waals surface area contributed by atoms with Gasteiger partial charge in [0.2, 0.25) is 5.91 Å². The Kier molecular flexibility index (Phi) is 12.1. The van der Waals surface area contributed by atoms with Crippen LogP contribution in [0.2, 0.25) is 5.02 Å². The third-order valence-electron chi connectivity index (χ3n) is 7.18. The lowest BCUT2D eigenvalue weighted by atomic mass is 10.1. The van der Waals surface area contributed by atoms with Crippen LogP contribution in [0.25, 0.3) is 17.3 Å². The van der Waals surface area contributed by atoms with Gasteiger partial charge in [-0.15, -0.1) is 23.1 Å². The Hall–Kier alpha value is -5.10. The molecule has 0 bridgehead atoms. The number of carbonyl (C=O) groups is 3. The standard InChI is InChI=1S/C37H33ClN4O5S2/c1-4-32(36(45)42-37-41-30(22-48-37)27-17-8-9-18-28(27)38)49-26-16-11-15-25(21-26)39-35(44)29(40-34(43)23-12-6-5-7-13-23)20-24-14-10-19-31(46-2)33(24)47-3/h5-22,32H,4H2,1-3H3,(H,39,44)(H,40,43)(H,41,42,45)/b29-20+. The molecule has 3 N–H and O–H groups in total. The Bertz CT molecular complexity index is 1980. The number of ether oxygens (including phenoxy) is 2. The van der Waals surface area contributed by atoms with Gasteiger partial charge in [0, 0.05) is 37.7 Å². The van der Waals surface area contributed by atoms with Crippen molar-refractivity contribution in [3.63, 3.8) is 0 Å². The van der Waals surface area contributed by atoms with E-state index in [2.05, 4.69) is 20.9 Å². The van der Waals surface area contributed by atoms with E-state index >= 15 is 0 Å². The number of nitrogens with one attached hydrogen (secondary N) is 3. The van der Waals surface area contributed by atoms with Crippen molar-refractivity contribution in [2.24, 2.45) is 0 Å². The zero-order valence-corrected chi connectivity index (χ0v) is 29.2. The first-order valence-corrected chi connectivity index (χ1v) is 17.3. The monoisotopic (exact) mass is 712 g/mol. The van der Waals surface area contributed by atoms with E-state index in [4.69, 9.17) is 21.1 Å². The van der Waals surface area contributed by atoms with Gasteiger partial charge < -0.3 is 25.4 Å². The van der Waals surface area contributed by atoms with Crippen molar-refractivity contribution in [3.05, 3.63) is 124 Å². The molecule has 0 aliphatic heterocycles. The second kappa shape index (κ2) is 16.8. The van der Waals surface area contributed by atoms with Crippen molar-refractivity contribution in [2.75, 3.05) is 24.9 Å². The minimum absolute atomic E-state index is 0.0103. The maximum absolute atomic E-state index is 13.7. The smallest absolute Gasteiger partial charge is 0.272 e. The lowest BCUT2D eigenvalue weighted by Crippen LogP contribution is -2.30. The molecule has 0 aliphatic carbocycles. The van der Waals surface area contributed by atoms with Crippen LogP contribution in [0.3, 0.4) is 0 Å². The zero-order valence-electron chi connectivity index (χ0n) is 26.9. The number of rotatable bonds is 13. The number of hydrogen-bond donors (Lipinski definition) is 3. The molecule has 0 saturated carbocycles. The highest BCUT2D eigenvalue weighted by molar-refractivity contribution is 8.00. The van der Waals surface area contributed by atoms with Crippen molar-refractivity contribution in [1.29, 1.82) is 0 Å². The number of para-hydroxylation sites is 1. The molecule has 0 spiro atoms. The maximum Gasteiger partial charge on any atom is 0.272 e. The summed E-state index contributed by atoms with van der Waals surface area (Å²) in [6.07, 6.45) is 2.08. The van der Waals surface area contributed by atoms with E-state index in [0.717, 1.165) is 10.5 Å². The number of thioether (sulfide) groups is 1. The Morgan fingerprint density at radius 3 is 2.41 bits per heavy atom. The number of carbonyl (C=O) groups excluding carboxylic acids is 3. The molecule has 9 nitrogen and oxygen atoms in total. The summed E-state index contributed by atoms with van der Waals surface area (Å²) < 4.78 is 11.0. The fourth-order valence-electron chi connectivity index (χ4n) is 4.77. The van der Waals surface area contributed by atoms with Crippen molar-refractivity contribution in [2.45, 2.75) is 23.5 Å². The molecule has 1 aromatic heterocycles. The molecular weight excluding hydrogens is 680 g/mol. The zero-order chi connectivity index (χ0) is 34.8. The SMILES string of the molecule is CCC(Sc1cccc(NC(=O)/C(=C\c2cccc(OC)c2OC)NC(=O)c2ccccc2)c1)C(=O)Nc1nc(-c2ccccc2Cl)cs1. The third-order valence-corrected chi connectivity index (χ3v) is 9.62. The summed E-state index contributed by atoms with van der Waals surface area (Å²) in [5, 5.41) is 11.0. The lowest BCUT2D eigenvalue weighted by molar-refractivity contribution is -0.116. The molecule has 5 rings (SSSR count). The average molecular weight is 713 g/mol. The number of methoxy groups -OCH3 is 2. The van der Waals surface area contributed by atoms with Crippen LogP contribution in [-0.2, 0) is 9.59 Å². The van der Waals surface area contributed by atoms with Gasteiger partial charge in [-0.25, -0.2) is 4.98 Å². The van der Waals surface area contributed by atoms with Gasteiger partial charge in [0.05, 0.1) is 25.2 Å². The van der Waals surface area contributed by atoms with Crippen LogP contribution in [0.1, 0.15) is 29.3 Å². The summed E-state index contributed by atoms with van der Waals surface area (Å²) in [5.74, 6) is -0.323. The number of benzene rings is 4. The Labute approximate surface area is 297 Å². The number of anilines is 2. The van der Waals surface area contributed by atoms with E-state index in [-0.39, 0.29) is 11.6 Å². The molecule has 250 valence electrons. The molecule has 0 saturated heterocycles. The largest absolute Gasteiger partial charge is 0.493 e. The quantitative estimate of drug-likeness (QED) is 0.0829. The first kappa shape index (κ1) is 35.2. The molecule has 0 radical (unpaired) electrons. The molecule has 3 amide bonds. The number of amides is 3. The highest BCUT2D eigenvalue weighted by atomic mass is 35.5. The van der Waals surface area contributed by atoms with Crippen molar-refractivity contribution in [1.82, 2.24) is 10.3 Å². The van der Waals surface area contributed by atoms with Crippen LogP contribution in [-0.4, -0.2) is 42.2 Å². The molecule has 1 heterocycles. The van der Waals surface area contributed by atoms with Gasteiger partial charge in [-0.3, -0.25) is 14.4 Å². The minimum Gasteiger partial charge on any atom is -0.493 e. The number of nitrogens with zero attached hydrogens (tertiary/aromatic N) is 1. The molecule has 12 heteroatoms. The van der Waals surface area contributed by atoms with E-state index in [9.17, 15) is 14.4 Å². The fourth-order valence-corrected chi connectivity index (χ4v) is 6.72. The van der Waals surface area contributed by atoms with E-state index in [1.165, 1.54) is 43.4 Å². The molecule has 0 aliphatic rings. The van der Waals surface area contributed by atoms with Crippen LogP contribution in [0.5, 0.6) is 11.5 Å². The van der Waals surface area contributed by atoms with E-state index < -0.39 is 17.1 Å². The van der Waals surface area contributed by atoms with E-state index in [1.54, 1.807) is 72.8 Å². The minimum atomic E-state index is -0.556. The summed E-state index contributed by atoms with van der Waals surface area (Å²) in [6.45, 7) is 1.93. The highest BCUT2D eigenvalue weighted by Gasteiger charge is 2.21. The first-order valence-electron chi connectivity index (χ1n) is 15.2. The van der Waals surface area contributed by atoms with Gasteiger partial charge in [0.15, 0.2) is 16.6 Å². The van der Waals surface area contributed by atoms with Gasteiger partial charge in [0.25, 0.3) is 11.8 Å². The predicted octanol–water partition coefficient (Wildman–Crippen LogP) is 8.40. The predicted molar refractivity (Wildman–Crippen MR) is 198 cm³/mol. The van der Waals surface area contributed by atoms with Crippen LogP contribution in [0, 0.1) is 0 Å². The Morgan fingerprint density at radius 1 is 0.918 bits per heavy atom. The average Bonchev–Trinajstić information content (AvgIpc) is 3.58. The maximum atomic E-state index is 13.7. The van der Waals surface area contributed by atoms with E-state index in [0.29, 0.717) is 50.6 Å². The number of aromatic nitrogens is 1. The van der Waals surface area contributed by atoms with E-state index in [1.807, 2.05) is 36.6 Å². The number of thiazole rings is 1. The Balaban J connectivity index is 1.32. The normalized spacial score (nSPS) is 11.7.